The van der Waals surface area contributed by atoms with E-state index in [9.17, 15) is 4.39 Å². The Bertz CT molecular complexity index is 470. The van der Waals surface area contributed by atoms with Gasteiger partial charge in [0.05, 0.1) is 11.0 Å². The first kappa shape index (κ1) is 11.3. The Morgan fingerprint density at radius 2 is 2.00 bits per heavy atom. The van der Waals surface area contributed by atoms with Gasteiger partial charge < -0.3 is 0 Å². The molecule has 0 bridgehead atoms. The Morgan fingerprint density at radius 3 is 2.47 bits per heavy atom. The average Bonchev–Trinajstić information content (AvgIpc) is 2.17. The second kappa shape index (κ2) is 4.15. The van der Waals surface area contributed by atoms with Crippen molar-refractivity contribution in [3.63, 3.8) is 0 Å². The molecule has 0 aromatic heterocycles. The number of hydrogen-bond donors (Lipinski definition) is 0. The van der Waals surface area contributed by atoms with E-state index in [2.05, 4.69) is 11.8 Å². The van der Waals surface area contributed by atoms with Crippen LogP contribution in [0.15, 0.2) is 18.2 Å². The van der Waals surface area contributed by atoms with Gasteiger partial charge in [0.1, 0.15) is 11.9 Å². The summed E-state index contributed by atoms with van der Waals surface area (Å²) in [5.41, 5.74) is 0.469. The molecular formula is C13H12FN. The fourth-order valence-corrected chi connectivity index (χ4v) is 1.38. The number of rotatable bonds is 1. The minimum absolute atomic E-state index is 0.0685. The maximum Gasteiger partial charge on any atom is 0.141 e. The first-order valence-corrected chi connectivity index (χ1v) is 4.65. The molecular weight excluding hydrogens is 189 g/mol. The van der Waals surface area contributed by atoms with Crippen LogP contribution in [-0.4, -0.2) is 0 Å². The normalized spacial score (nSPS) is 10.1. The molecule has 76 valence electrons. The van der Waals surface area contributed by atoms with Gasteiger partial charge in [0.15, 0.2) is 0 Å². The van der Waals surface area contributed by atoms with Gasteiger partial charge in [-0.2, -0.15) is 5.26 Å². The summed E-state index contributed by atoms with van der Waals surface area (Å²) in [4.78, 5) is 0. The average molecular weight is 201 g/mol. The molecule has 0 amide bonds. The lowest BCUT2D eigenvalue weighted by Crippen LogP contribution is -2.14. The maximum atomic E-state index is 13.4. The summed E-state index contributed by atoms with van der Waals surface area (Å²) >= 11 is 0. The highest BCUT2D eigenvalue weighted by Gasteiger charge is 2.18. The van der Waals surface area contributed by atoms with Crippen LogP contribution < -0.4 is 0 Å². The molecule has 0 aliphatic carbocycles. The highest BCUT2D eigenvalue weighted by atomic mass is 19.1. The summed E-state index contributed by atoms with van der Waals surface area (Å²) in [6.07, 6.45) is 0. The lowest BCUT2D eigenvalue weighted by Gasteiger charge is -2.18. The van der Waals surface area contributed by atoms with Crippen LogP contribution in [-0.2, 0) is 5.41 Å². The van der Waals surface area contributed by atoms with E-state index < -0.39 is 5.82 Å². The summed E-state index contributed by atoms with van der Waals surface area (Å²) < 4.78 is 13.4. The second-order valence-corrected chi connectivity index (χ2v) is 3.81. The minimum Gasteiger partial charge on any atom is -0.206 e. The van der Waals surface area contributed by atoms with Gasteiger partial charge in [-0.25, -0.2) is 4.39 Å². The van der Waals surface area contributed by atoms with Gasteiger partial charge in [-0.05, 0) is 38.5 Å². The Balaban J connectivity index is 3.23. The summed E-state index contributed by atoms with van der Waals surface area (Å²) in [6.45, 7) is 5.59. The summed E-state index contributed by atoms with van der Waals surface area (Å²) in [5.74, 6) is 5.34. The minimum atomic E-state index is -0.485. The van der Waals surface area contributed by atoms with Crippen LogP contribution in [0, 0.1) is 29.0 Å². The van der Waals surface area contributed by atoms with Crippen molar-refractivity contribution in [1.29, 1.82) is 5.26 Å². The van der Waals surface area contributed by atoms with E-state index in [1.54, 1.807) is 19.1 Å². The smallest absolute Gasteiger partial charge is 0.141 e. The molecule has 15 heavy (non-hydrogen) atoms. The first-order valence-electron chi connectivity index (χ1n) is 4.65. The molecule has 1 aromatic carbocycles. The molecule has 0 unspecified atom stereocenters. The molecule has 0 fully saturated rings. The molecule has 0 saturated heterocycles. The van der Waals surface area contributed by atoms with Crippen LogP contribution in [0.3, 0.4) is 0 Å². The fraction of sp³-hybridized carbons (Fsp3) is 0.308. The zero-order valence-electron chi connectivity index (χ0n) is 9.06. The maximum absolute atomic E-state index is 13.4. The highest BCUT2D eigenvalue weighted by Crippen LogP contribution is 2.23. The van der Waals surface area contributed by atoms with Crippen LogP contribution in [0.5, 0.6) is 0 Å². The van der Waals surface area contributed by atoms with E-state index in [0.717, 1.165) is 5.56 Å². The Morgan fingerprint density at radius 1 is 1.33 bits per heavy atom. The van der Waals surface area contributed by atoms with E-state index in [-0.39, 0.29) is 11.0 Å². The van der Waals surface area contributed by atoms with Gasteiger partial charge in [-0.15, -0.1) is 5.92 Å². The molecule has 1 rings (SSSR count). The summed E-state index contributed by atoms with van der Waals surface area (Å²) in [6, 6.07) is 6.40. The van der Waals surface area contributed by atoms with E-state index >= 15 is 0 Å². The largest absolute Gasteiger partial charge is 0.206 e. The first-order chi connectivity index (χ1) is 7.01. The highest BCUT2D eigenvalue weighted by molar-refractivity contribution is 5.39. The molecule has 0 aliphatic heterocycles. The second-order valence-electron chi connectivity index (χ2n) is 3.81. The summed E-state index contributed by atoms with van der Waals surface area (Å²) in [5, 5.41) is 8.60. The van der Waals surface area contributed by atoms with Crippen LogP contribution >= 0.6 is 0 Å². The Kier molecular flexibility index (Phi) is 3.12. The Labute approximate surface area is 89.5 Å². The zero-order chi connectivity index (χ0) is 11.5. The van der Waals surface area contributed by atoms with E-state index in [4.69, 9.17) is 5.26 Å². The molecule has 2 heteroatoms. The van der Waals surface area contributed by atoms with Gasteiger partial charge in [-0.1, -0.05) is 12.0 Å². The predicted octanol–water partition coefficient (Wildman–Crippen LogP) is 3.00. The van der Waals surface area contributed by atoms with Crippen molar-refractivity contribution in [2.75, 3.05) is 0 Å². The number of hydrogen-bond acceptors (Lipinski definition) is 1. The standard InChI is InChI=1S/C13H12FN/c1-4-7-13(2,3)11-6-5-10(9-15)12(14)8-11/h5-6,8H,1-3H3. The number of benzene rings is 1. The molecule has 0 aliphatic rings. The quantitative estimate of drug-likeness (QED) is 0.641. The third-order valence-electron chi connectivity index (χ3n) is 2.25. The number of halogens is 1. The van der Waals surface area contributed by atoms with Crippen molar-refractivity contribution in [2.24, 2.45) is 0 Å². The van der Waals surface area contributed by atoms with E-state index in [1.165, 1.54) is 12.1 Å². The van der Waals surface area contributed by atoms with Crippen LogP contribution in [0.1, 0.15) is 31.9 Å². The summed E-state index contributed by atoms with van der Waals surface area (Å²) in [7, 11) is 0. The van der Waals surface area contributed by atoms with Crippen molar-refractivity contribution in [1.82, 2.24) is 0 Å². The van der Waals surface area contributed by atoms with E-state index in [0.29, 0.717) is 0 Å². The van der Waals surface area contributed by atoms with Crippen LogP contribution in [0.4, 0.5) is 4.39 Å². The van der Waals surface area contributed by atoms with Crippen molar-refractivity contribution in [3.05, 3.63) is 35.1 Å². The van der Waals surface area contributed by atoms with Gasteiger partial charge >= 0.3 is 0 Å². The molecule has 0 N–H and O–H groups in total. The molecule has 1 nitrogen and oxygen atoms in total. The van der Waals surface area contributed by atoms with Crippen molar-refractivity contribution in [2.45, 2.75) is 26.2 Å². The molecule has 0 atom stereocenters. The van der Waals surface area contributed by atoms with Gasteiger partial charge in [0, 0.05) is 0 Å². The molecule has 0 saturated carbocycles. The zero-order valence-corrected chi connectivity index (χ0v) is 9.06. The van der Waals surface area contributed by atoms with Gasteiger partial charge in [-0.3, -0.25) is 0 Å². The third kappa shape index (κ3) is 2.36. The van der Waals surface area contributed by atoms with Crippen molar-refractivity contribution < 1.29 is 4.39 Å². The number of nitriles is 1. The van der Waals surface area contributed by atoms with Gasteiger partial charge in [0.2, 0.25) is 0 Å². The fourth-order valence-electron chi connectivity index (χ4n) is 1.38. The topological polar surface area (TPSA) is 23.8 Å². The number of nitrogens with zero attached hydrogens (tertiary/aromatic N) is 1. The van der Waals surface area contributed by atoms with Gasteiger partial charge in [0.25, 0.3) is 0 Å². The molecule has 1 aromatic rings. The SMILES string of the molecule is CC#CC(C)(C)c1ccc(C#N)c(F)c1. The predicted molar refractivity (Wildman–Crippen MR) is 57.6 cm³/mol. The monoisotopic (exact) mass is 201 g/mol. The third-order valence-corrected chi connectivity index (χ3v) is 2.25. The lowest BCUT2D eigenvalue weighted by atomic mass is 9.85. The lowest BCUT2D eigenvalue weighted by molar-refractivity contribution is 0.610. The molecule has 0 spiro atoms. The van der Waals surface area contributed by atoms with Crippen LogP contribution in [0.25, 0.3) is 0 Å². The van der Waals surface area contributed by atoms with E-state index in [1.807, 2.05) is 13.8 Å². The Hall–Kier alpha value is -1.80. The molecule has 0 heterocycles. The van der Waals surface area contributed by atoms with Crippen LogP contribution in [0.2, 0.25) is 0 Å². The van der Waals surface area contributed by atoms with Crippen molar-refractivity contribution in [3.8, 4) is 17.9 Å². The molecule has 0 radical (unpaired) electrons. The van der Waals surface area contributed by atoms with Crippen molar-refractivity contribution >= 4 is 0 Å².